The molecule has 13 heavy (non-hydrogen) atoms. The summed E-state index contributed by atoms with van der Waals surface area (Å²) >= 11 is 0. The second-order valence-electron chi connectivity index (χ2n) is 2.89. The SMILES string of the molecule is CC.CCc1ccc2c(c1)OCC2. The highest BCUT2D eigenvalue weighted by atomic mass is 16.5. The van der Waals surface area contributed by atoms with Crippen LogP contribution in [0.4, 0.5) is 0 Å². The van der Waals surface area contributed by atoms with Crippen LogP contribution in [0.15, 0.2) is 18.2 Å². The summed E-state index contributed by atoms with van der Waals surface area (Å²) in [6, 6.07) is 6.52. The fraction of sp³-hybridized carbons (Fsp3) is 0.500. The van der Waals surface area contributed by atoms with Crippen molar-refractivity contribution in [3.05, 3.63) is 29.3 Å². The molecule has 0 saturated heterocycles. The van der Waals surface area contributed by atoms with Crippen molar-refractivity contribution >= 4 is 0 Å². The van der Waals surface area contributed by atoms with Crippen molar-refractivity contribution in [2.75, 3.05) is 6.61 Å². The molecule has 0 spiro atoms. The Hall–Kier alpha value is -0.980. The first kappa shape index (κ1) is 10.1. The Morgan fingerprint density at radius 3 is 2.77 bits per heavy atom. The molecular formula is C12H18O. The molecule has 0 aromatic heterocycles. The van der Waals surface area contributed by atoms with Crippen LogP contribution in [0.3, 0.4) is 0 Å². The van der Waals surface area contributed by atoms with E-state index in [9.17, 15) is 0 Å². The summed E-state index contributed by atoms with van der Waals surface area (Å²) < 4.78 is 5.44. The van der Waals surface area contributed by atoms with Crippen molar-refractivity contribution in [2.24, 2.45) is 0 Å². The first-order valence-corrected chi connectivity index (χ1v) is 5.15. The molecule has 0 saturated carbocycles. The third kappa shape index (κ3) is 2.24. The fourth-order valence-corrected chi connectivity index (χ4v) is 1.43. The number of hydrogen-bond acceptors (Lipinski definition) is 1. The maximum Gasteiger partial charge on any atom is 0.122 e. The highest BCUT2D eigenvalue weighted by Crippen LogP contribution is 2.25. The zero-order chi connectivity index (χ0) is 9.68. The maximum absolute atomic E-state index is 5.44. The Balaban J connectivity index is 0.000000396. The largest absolute Gasteiger partial charge is 0.493 e. The van der Waals surface area contributed by atoms with Gasteiger partial charge in [-0.05, 0) is 23.6 Å². The van der Waals surface area contributed by atoms with Crippen LogP contribution in [0.1, 0.15) is 31.9 Å². The summed E-state index contributed by atoms with van der Waals surface area (Å²) in [5.41, 5.74) is 2.73. The molecule has 2 rings (SSSR count). The molecule has 0 aliphatic carbocycles. The third-order valence-corrected chi connectivity index (χ3v) is 2.17. The van der Waals surface area contributed by atoms with E-state index in [0.29, 0.717) is 0 Å². The number of benzene rings is 1. The molecule has 1 aromatic rings. The van der Waals surface area contributed by atoms with Crippen molar-refractivity contribution in [1.82, 2.24) is 0 Å². The van der Waals surface area contributed by atoms with E-state index in [1.807, 2.05) is 13.8 Å². The Kier molecular flexibility index (Phi) is 3.81. The first-order valence-electron chi connectivity index (χ1n) is 5.15. The first-order chi connectivity index (χ1) is 6.40. The van der Waals surface area contributed by atoms with Crippen molar-refractivity contribution in [2.45, 2.75) is 33.6 Å². The zero-order valence-corrected chi connectivity index (χ0v) is 8.76. The lowest BCUT2D eigenvalue weighted by Crippen LogP contribution is -1.86. The predicted octanol–water partition coefficient (Wildman–Crippen LogP) is 3.21. The number of ether oxygens (including phenoxy) is 1. The summed E-state index contributed by atoms with van der Waals surface area (Å²) in [6.45, 7) is 7.03. The molecule has 0 N–H and O–H groups in total. The van der Waals surface area contributed by atoms with Gasteiger partial charge in [0.25, 0.3) is 0 Å². The van der Waals surface area contributed by atoms with E-state index < -0.39 is 0 Å². The Morgan fingerprint density at radius 2 is 2.08 bits per heavy atom. The van der Waals surface area contributed by atoms with Gasteiger partial charge in [0, 0.05) is 6.42 Å². The third-order valence-electron chi connectivity index (χ3n) is 2.17. The molecule has 1 heterocycles. The van der Waals surface area contributed by atoms with Gasteiger partial charge < -0.3 is 4.74 Å². The van der Waals surface area contributed by atoms with Crippen molar-refractivity contribution in [1.29, 1.82) is 0 Å². The lowest BCUT2D eigenvalue weighted by Gasteiger charge is -2.00. The molecule has 1 aliphatic heterocycles. The van der Waals surface area contributed by atoms with Crippen molar-refractivity contribution < 1.29 is 4.74 Å². The van der Waals surface area contributed by atoms with Crippen LogP contribution in [-0.2, 0) is 12.8 Å². The van der Waals surface area contributed by atoms with E-state index >= 15 is 0 Å². The number of hydrogen-bond donors (Lipinski definition) is 0. The van der Waals surface area contributed by atoms with E-state index in [1.165, 1.54) is 11.1 Å². The van der Waals surface area contributed by atoms with E-state index in [-0.39, 0.29) is 0 Å². The van der Waals surface area contributed by atoms with Gasteiger partial charge in [0.15, 0.2) is 0 Å². The van der Waals surface area contributed by atoms with Crippen LogP contribution in [0.5, 0.6) is 5.75 Å². The molecule has 72 valence electrons. The summed E-state index contributed by atoms with van der Waals surface area (Å²) in [7, 11) is 0. The summed E-state index contributed by atoms with van der Waals surface area (Å²) in [4.78, 5) is 0. The average molecular weight is 178 g/mol. The maximum atomic E-state index is 5.44. The highest BCUT2D eigenvalue weighted by molar-refractivity contribution is 5.39. The van der Waals surface area contributed by atoms with Gasteiger partial charge in [-0.3, -0.25) is 0 Å². The molecule has 1 nitrogen and oxygen atoms in total. The standard InChI is InChI=1S/C10H12O.C2H6/c1-2-8-3-4-9-5-6-11-10(9)7-8;1-2/h3-4,7H,2,5-6H2,1H3;1-2H3. The number of rotatable bonds is 1. The van der Waals surface area contributed by atoms with Crippen LogP contribution < -0.4 is 4.74 Å². The van der Waals surface area contributed by atoms with Crippen LogP contribution in [0.25, 0.3) is 0 Å². The Bertz CT molecular complexity index is 266. The lowest BCUT2D eigenvalue weighted by atomic mass is 10.1. The normalized spacial score (nSPS) is 12.5. The van der Waals surface area contributed by atoms with Crippen LogP contribution in [0.2, 0.25) is 0 Å². The van der Waals surface area contributed by atoms with Gasteiger partial charge in [-0.25, -0.2) is 0 Å². The highest BCUT2D eigenvalue weighted by Gasteiger charge is 2.10. The molecule has 0 fully saturated rings. The monoisotopic (exact) mass is 178 g/mol. The van der Waals surface area contributed by atoms with Gasteiger partial charge in [0.2, 0.25) is 0 Å². The topological polar surface area (TPSA) is 9.23 Å². The average Bonchev–Trinajstić information content (AvgIpc) is 2.67. The zero-order valence-electron chi connectivity index (χ0n) is 8.76. The van der Waals surface area contributed by atoms with Gasteiger partial charge in [-0.1, -0.05) is 32.9 Å². The van der Waals surface area contributed by atoms with Crippen molar-refractivity contribution in [3.63, 3.8) is 0 Å². The molecule has 0 radical (unpaired) electrons. The van der Waals surface area contributed by atoms with E-state index in [2.05, 4.69) is 25.1 Å². The minimum absolute atomic E-state index is 0.864. The van der Waals surface area contributed by atoms with E-state index in [4.69, 9.17) is 4.74 Å². The van der Waals surface area contributed by atoms with Crippen molar-refractivity contribution in [3.8, 4) is 5.75 Å². The molecule has 0 amide bonds. The Labute approximate surface area is 80.7 Å². The van der Waals surface area contributed by atoms with Crippen LogP contribution in [-0.4, -0.2) is 6.61 Å². The molecule has 0 bridgehead atoms. The van der Waals surface area contributed by atoms with Crippen LogP contribution >= 0.6 is 0 Å². The lowest BCUT2D eigenvalue weighted by molar-refractivity contribution is 0.356. The molecular weight excluding hydrogens is 160 g/mol. The molecule has 0 atom stereocenters. The molecule has 1 heteroatoms. The second-order valence-corrected chi connectivity index (χ2v) is 2.89. The molecule has 1 aromatic carbocycles. The van der Waals surface area contributed by atoms with Gasteiger partial charge >= 0.3 is 0 Å². The number of fused-ring (bicyclic) bond motifs is 1. The minimum atomic E-state index is 0.864. The number of aryl methyl sites for hydroxylation is 1. The van der Waals surface area contributed by atoms with Gasteiger partial charge in [0.1, 0.15) is 5.75 Å². The molecule has 1 aliphatic rings. The second kappa shape index (κ2) is 4.90. The van der Waals surface area contributed by atoms with Gasteiger partial charge in [-0.15, -0.1) is 0 Å². The van der Waals surface area contributed by atoms with Gasteiger partial charge in [0.05, 0.1) is 6.61 Å². The summed E-state index contributed by atoms with van der Waals surface area (Å²) in [6.07, 6.45) is 2.18. The summed E-state index contributed by atoms with van der Waals surface area (Å²) in [5.74, 6) is 1.10. The Morgan fingerprint density at radius 1 is 1.31 bits per heavy atom. The quantitative estimate of drug-likeness (QED) is 0.641. The minimum Gasteiger partial charge on any atom is -0.493 e. The van der Waals surface area contributed by atoms with Crippen LogP contribution in [0, 0.1) is 0 Å². The van der Waals surface area contributed by atoms with E-state index in [1.54, 1.807) is 0 Å². The fourth-order valence-electron chi connectivity index (χ4n) is 1.43. The van der Waals surface area contributed by atoms with Gasteiger partial charge in [-0.2, -0.15) is 0 Å². The smallest absolute Gasteiger partial charge is 0.122 e. The predicted molar refractivity (Wildman–Crippen MR) is 56.4 cm³/mol. The van der Waals surface area contributed by atoms with E-state index in [0.717, 1.165) is 25.2 Å². The molecule has 0 unspecified atom stereocenters. The summed E-state index contributed by atoms with van der Waals surface area (Å²) in [5, 5.41) is 0.